The summed E-state index contributed by atoms with van der Waals surface area (Å²) in [5, 5.41) is 0. The maximum Gasteiger partial charge on any atom is 0.255 e. The summed E-state index contributed by atoms with van der Waals surface area (Å²) in [7, 11) is 3.31. The normalized spacial score (nSPS) is 15.7. The lowest BCUT2D eigenvalue weighted by atomic mass is 9.98. The molecule has 0 saturated carbocycles. The number of rotatable bonds is 5. The summed E-state index contributed by atoms with van der Waals surface area (Å²) >= 11 is 0. The molecule has 0 bridgehead atoms. The van der Waals surface area contributed by atoms with Crippen LogP contribution in [-0.2, 0) is 11.8 Å². The zero-order chi connectivity index (χ0) is 24.4. The number of hydrogen-bond acceptors (Lipinski definition) is 7. The van der Waals surface area contributed by atoms with Gasteiger partial charge in [0.15, 0.2) is 0 Å². The lowest BCUT2D eigenvalue weighted by Gasteiger charge is -2.35. The highest BCUT2D eigenvalue weighted by Crippen LogP contribution is 2.35. The van der Waals surface area contributed by atoms with Gasteiger partial charge in [-0.05, 0) is 41.5 Å². The smallest absolute Gasteiger partial charge is 0.255 e. The first-order valence-electron chi connectivity index (χ1n) is 11.2. The van der Waals surface area contributed by atoms with E-state index in [0.717, 1.165) is 16.7 Å². The van der Waals surface area contributed by atoms with Gasteiger partial charge in [0.1, 0.15) is 24.0 Å². The number of halogens is 1. The van der Waals surface area contributed by atoms with Crippen molar-refractivity contribution < 1.29 is 13.9 Å². The maximum absolute atomic E-state index is 13.8. The molecule has 2 aromatic heterocycles. The molecule has 1 unspecified atom stereocenters. The highest BCUT2D eigenvalue weighted by atomic mass is 19.1. The molecule has 1 saturated heterocycles. The molecule has 0 aliphatic carbocycles. The SMILES string of the molecule is COc1ccc(-c2cccc(F)c2)cc1C1CN(c2nc(-c3ccncn3)cc(=O)n2C)CCO1. The van der Waals surface area contributed by atoms with E-state index in [1.54, 1.807) is 32.5 Å². The van der Waals surface area contributed by atoms with Gasteiger partial charge in [-0.15, -0.1) is 0 Å². The van der Waals surface area contributed by atoms with Gasteiger partial charge in [0.05, 0.1) is 31.6 Å². The number of anilines is 1. The van der Waals surface area contributed by atoms with Gasteiger partial charge in [-0.25, -0.2) is 19.3 Å². The second-order valence-electron chi connectivity index (χ2n) is 8.21. The average Bonchev–Trinajstić information content (AvgIpc) is 2.90. The fourth-order valence-electron chi connectivity index (χ4n) is 4.24. The van der Waals surface area contributed by atoms with Gasteiger partial charge in [0.25, 0.3) is 5.56 Å². The molecule has 178 valence electrons. The zero-order valence-electron chi connectivity index (χ0n) is 19.4. The Labute approximate surface area is 201 Å². The fraction of sp³-hybridized carbons (Fsp3) is 0.231. The van der Waals surface area contributed by atoms with Crippen molar-refractivity contribution in [2.75, 3.05) is 31.7 Å². The Morgan fingerprint density at radius 1 is 1.09 bits per heavy atom. The van der Waals surface area contributed by atoms with Gasteiger partial charge < -0.3 is 14.4 Å². The standard InChI is InChI=1S/C26H24FN5O3/c1-31-25(33)14-22(21-8-9-28-16-29-21)30-26(31)32-10-11-35-24(15-32)20-13-18(6-7-23(20)34-2)17-4-3-5-19(27)12-17/h3-9,12-14,16,24H,10-11,15H2,1-2H3. The van der Waals surface area contributed by atoms with E-state index in [4.69, 9.17) is 14.5 Å². The van der Waals surface area contributed by atoms with Gasteiger partial charge in [-0.3, -0.25) is 9.36 Å². The second-order valence-corrected chi connectivity index (χ2v) is 8.21. The van der Waals surface area contributed by atoms with Crippen LogP contribution in [0.3, 0.4) is 0 Å². The van der Waals surface area contributed by atoms with E-state index < -0.39 is 0 Å². The molecule has 3 heterocycles. The van der Waals surface area contributed by atoms with Crippen LogP contribution in [0.5, 0.6) is 5.75 Å². The zero-order valence-corrected chi connectivity index (χ0v) is 19.4. The van der Waals surface area contributed by atoms with E-state index in [-0.39, 0.29) is 17.5 Å². The molecule has 9 heteroatoms. The van der Waals surface area contributed by atoms with Crippen molar-refractivity contribution in [1.82, 2.24) is 19.5 Å². The van der Waals surface area contributed by atoms with E-state index in [1.165, 1.54) is 29.1 Å². The highest BCUT2D eigenvalue weighted by molar-refractivity contribution is 5.66. The van der Waals surface area contributed by atoms with Crippen LogP contribution in [0.25, 0.3) is 22.5 Å². The number of aromatic nitrogens is 4. The van der Waals surface area contributed by atoms with E-state index >= 15 is 0 Å². The number of nitrogens with zero attached hydrogens (tertiary/aromatic N) is 5. The number of benzene rings is 2. The summed E-state index contributed by atoms with van der Waals surface area (Å²) in [6, 6.07) is 15.4. The predicted molar refractivity (Wildman–Crippen MR) is 130 cm³/mol. The van der Waals surface area contributed by atoms with E-state index in [2.05, 4.69) is 9.97 Å². The van der Waals surface area contributed by atoms with Crippen LogP contribution in [-0.4, -0.2) is 46.3 Å². The van der Waals surface area contributed by atoms with Crippen molar-refractivity contribution in [2.24, 2.45) is 7.05 Å². The van der Waals surface area contributed by atoms with Crippen LogP contribution in [0.4, 0.5) is 10.3 Å². The average molecular weight is 474 g/mol. The summed E-state index contributed by atoms with van der Waals surface area (Å²) in [6.45, 7) is 1.46. The molecule has 0 spiro atoms. The highest BCUT2D eigenvalue weighted by Gasteiger charge is 2.27. The summed E-state index contributed by atoms with van der Waals surface area (Å²) in [6.07, 6.45) is 2.70. The minimum absolute atomic E-state index is 0.183. The van der Waals surface area contributed by atoms with Crippen molar-refractivity contribution in [2.45, 2.75) is 6.10 Å². The minimum Gasteiger partial charge on any atom is -0.496 e. The molecule has 4 aromatic rings. The maximum atomic E-state index is 13.8. The van der Waals surface area contributed by atoms with Gasteiger partial charge in [0, 0.05) is 31.4 Å². The third kappa shape index (κ3) is 4.63. The number of ether oxygens (including phenoxy) is 2. The first-order valence-corrected chi connectivity index (χ1v) is 11.2. The Kier molecular flexibility index (Phi) is 6.24. The molecular formula is C26H24FN5O3. The Bertz CT molecular complexity index is 1410. The monoisotopic (exact) mass is 473 g/mol. The fourth-order valence-corrected chi connectivity index (χ4v) is 4.24. The third-order valence-corrected chi connectivity index (χ3v) is 6.04. The largest absolute Gasteiger partial charge is 0.496 e. The minimum atomic E-state index is -0.341. The Balaban J connectivity index is 1.50. The Hall–Kier alpha value is -4.11. The molecule has 5 rings (SSSR count). The van der Waals surface area contributed by atoms with Crippen LogP contribution >= 0.6 is 0 Å². The van der Waals surface area contributed by atoms with Crippen molar-refractivity contribution in [3.05, 3.63) is 88.9 Å². The van der Waals surface area contributed by atoms with Gasteiger partial charge in [0.2, 0.25) is 5.95 Å². The third-order valence-electron chi connectivity index (χ3n) is 6.04. The van der Waals surface area contributed by atoms with Crippen molar-refractivity contribution in [1.29, 1.82) is 0 Å². The molecule has 0 N–H and O–H groups in total. The van der Waals surface area contributed by atoms with Crippen molar-refractivity contribution in [3.63, 3.8) is 0 Å². The first-order chi connectivity index (χ1) is 17.0. The molecule has 1 fully saturated rings. The summed E-state index contributed by atoms with van der Waals surface area (Å²) in [4.78, 5) is 27.7. The second kappa shape index (κ2) is 9.63. The first kappa shape index (κ1) is 22.7. The topological polar surface area (TPSA) is 82.4 Å². The molecule has 8 nitrogen and oxygen atoms in total. The molecular weight excluding hydrogens is 449 g/mol. The molecule has 2 aromatic carbocycles. The lowest BCUT2D eigenvalue weighted by molar-refractivity contribution is 0.0375. The summed E-state index contributed by atoms with van der Waals surface area (Å²) in [5.74, 6) is 0.906. The number of methoxy groups -OCH3 is 1. The van der Waals surface area contributed by atoms with Crippen LogP contribution in [0, 0.1) is 5.82 Å². The molecule has 0 radical (unpaired) electrons. The number of hydrogen-bond donors (Lipinski definition) is 0. The molecule has 1 atom stereocenters. The lowest BCUT2D eigenvalue weighted by Crippen LogP contribution is -2.41. The van der Waals surface area contributed by atoms with Crippen LogP contribution in [0.2, 0.25) is 0 Å². The van der Waals surface area contributed by atoms with Gasteiger partial charge in [-0.2, -0.15) is 0 Å². The summed E-state index contributed by atoms with van der Waals surface area (Å²) < 4.78 is 27.1. The van der Waals surface area contributed by atoms with Gasteiger partial charge >= 0.3 is 0 Å². The molecule has 1 aliphatic rings. The molecule has 35 heavy (non-hydrogen) atoms. The van der Waals surface area contributed by atoms with Crippen LogP contribution in [0.1, 0.15) is 11.7 Å². The summed E-state index contributed by atoms with van der Waals surface area (Å²) in [5.41, 5.74) is 3.35. The quantitative estimate of drug-likeness (QED) is 0.438. The Morgan fingerprint density at radius 3 is 2.71 bits per heavy atom. The predicted octanol–water partition coefficient (Wildman–Crippen LogP) is 3.63. The van der Waals surface area contributed by atoms with Crippen LogP contribution < -0.4 is 15.2 Å². The van der Waals surface area contributed by atoms with Crippen molar-refractivity contribution in [3.8, 4) is 28.3 Å². The molecule has 1 aliphatic heterocycles. The van der Waals surface area contributed by atoms with E-state index in [1.807, 2.05) is 29.2 Å². The van der Waals surface area contributed by atoms with Crippen LogP contribution in [0.15, 0.2) is 71.9 Å². The molecule has 0 amide bonds. The van der Waals surface area contributed by atoms with Gasteiger partial charge in [-0.1, -0.05) is 18.2 Å². The van der Waals surface area contributed by atoms with Crippen molar-refractivity contribution >= 4 is 5.95 Å². The van der Waals surface area contributed by atoms with E-state index in [9.17, 15) is 9.18 Å². The Morgan fingerprint density at radius 2 is 1.94 bits per heavy atom. The number of morpholine rings is 1. The van der Waals surface area contributed by atoms with E-state index in [0.29, 0.717) is 42.8 Å².